The first-order chi connectivity index (χ1) is 14.4. The van der Waals surface area contributed by atoms with Crippen LogP contribution in [0.3, 0.4) is 0 Å². The Kier molecular flexibility index (Phi) is 5.18. The molecule has 0 bridgehead atoms. The summed E-state index contributed by atoms with van der Waals surface area (Å²) in [4.78, 5) is 26.2. The topological polar surface area (TPSA) is 87.5 Å². The minimum absolute atomic E-state index is 0.0387. The lowest BCUT2D eigenvalue weighted by Crippen LogP contribution is -2.30. The van der Waals surface area contributed by atoms with Crippen LogP contribution in [-0.4, -0.2) is 24.4 Å². The predicted octanol–water partition coefficient (Wildman–Crippen LogP) is 4.80. The number of likely N-dealkylation sites (N-methyl/N-ethyl adjacent to an activating group) is 1. The van der Waals surface area contributed by atoms with Crippen molar-refractivity contribution in [1.29, 1.82) is 5.26 Å². The smallest absolute Gasteiger partial charge is 0.340 e. The van der Waals surface area contributed by atoms with Crippen LogP contribution in [0.5, 0.6) is 0 Å². The molecule has 4 rings (SSSR count). The summed E-state index contributed by atoms with van der Waals surface area (Å²) in [6.07, 6.45) is 1.56. The van der Waals surface area contributed by atoms with Crippen molar-refractivity contribution in [2.75, 3.05) is 13.6 Å². The largest absolute Gasteiger partial charge is 0.464 e. The molecule has 6 nitrogen and oxygen atoms in total. The zero-order valence-corrected chi connectivity index (χ0v) is 17.9. The molecule has 4 aromatic rings. The van der Waals surface area contributed by atoms with Crippen molar-refractivity contribution in [1.82, 2.24) is 4.90 Å². The van der Waals surface area contributed by atoms with E-state index in [9.17, 15) is 9.59 Å². The Morgan fingerprint density at radius 3 is 2.60 bits per heavy atom. The fourth-order valence-corrected chi connectivity index (χ4v) is 3.71. The molecule has 0 aliphatic rings. The molecule has 2 aromatic carbocycles. The lowest BCUT2D eigenvalue weighted by atomic mass is 9.99. The van der Waals surface area contributed by atoms with Crippen LogP contribution in [-0.2, 0) is 11.2 Å². The van der Waals surface area contributed by atoms with Crippen LogP contribution in [0.15, 0.2) is 60.8 Å². The molecule has 2 heterocycles. The molecule has 0 atom stereocenters. The molecule has 0 fully saturated rings. The highest BCUT2D eigenvalue weighted by Crippen LogP contribution is 2.35. The Hall–Kier alpha value is -3.37. The molecule has 0 N–H and O–H groups in total. The summed E-state index contributed by atoms with van der Waals surface area (Å²) in [6.45, 7) is 1.76. The standard InChI is InChI=1S/C23H17BrN2O4/c1-13-16-9-18-19(14-3-5-15(24)6-4-14)12-29-20(18)11-21(16)30-23(28)17(13)10-22(27)26(2)8-7-25/h3-6,9,11-12H,8,10H2,1-2H3. The number of rotatable bonds is 4. The van der Waals surface area contributed by atoms with E-state index in [0.717, 1.165) is 26.4 Å². The number of hydrogen-bond acceptors (Lipinski definition) is 5. The van der Waals surface area contributed by atoms with Crippen LogP contribution in [0, 0.1) is 18.3 Å². The molecule has 0 saturated carbocycles. The first-order valence-corrected chi connectivity index (χ1v) is 10.0. The minimum atomic E-state index is -0.558. The first-order valence-electron chi connectivity index (χ1n) is 9.23. The predicted molar refractivity (Wildman–Crippen MR) is 117 cm³/mol. The third-order valence-electron chi connectivity index (χ3n) is 5.20. The Morgan fingerprint density at radius 2 is 1.90 bits per heavy atom. The maximum atomic E-state index is 12.5. The van der Waals surface area contributed by atoms with Crippen molar-refractivity contribution in [3.05, 3.63) is 68.7 Å². The normalized spacial score (nSPS) is 11.0. The molecule has 0 aliphatic carbocycles. The SMILES string of the molecule is Cc1c(CC(=O)N(C)CC#N)c(=O)oc2cc3occ(-c4ccc(Br)cc4)c3cc12. The molecular weight excluding hydrogens is 448 g/mol. The Labute approximate surface area is 180 Å². The van der Waals surface area contributed by atoms with Crippen LogP contribution >= 0.6 is 15.9 Å². The summed E-state index contributed by atoms with van der Waals surface area (Å²) >= 11 is 3.44. The highest BCUT2D eigenvalue weighted by atomic mass is 79.9. The highest BCUT2D eigenvalue weighted by Gasteiger charge is 2.19. The average molecular weight is 465 g/mol. The lowest BCUT2D eigenvalue weighted by molar-refractivity contribution is -0.128. The van der Waals surface area contributed by atoms with Gasteiger partial charge in [0.25, 0.3) is 0 Å². The van der Waals surface area contributed by atoms with Gasteiger partial charge in [-0.05, 0) is 36.2 Å². The summed E-state index contributed by atoms with van der Waals surface area (Å²) in [7, 11) is 1.53. The summed E-state index contributed by atoms with van der Waals surface area (Å²) < 4.78 is 12.2. The monoisotopic (exact) mass is 464 g/mol. The number of nitrogens with zero attached hydrogens (tertiary/aromatic N) is 2. The average Bonchev–Trinajstić information content (AvgIpc) is 3.13. The lowest BCUT2D eigenvalue weighted by Gasteiger charge is -2.14. The molecule has 0 spiro atoms. The quantitative estimate of drug-likeness (QED) is 0.319. The van der Waals surface area contributed by atoms with Crippen molar-refractivity contribution in [3.8, 4) is 17.2 Å². The molecule has 0 unspecified atom stereocenters. The van der Waals surface area contributed by atoms with E-state index in [2.05, 4.69) is 15.9 Å². The first kappa shape index (κ1) is 19.9. The van der Waals surface area contributed by atoms with Crippen molar-refractivity contribution in [2.45, 2.75) is 13.3 Å². The second-order valence-electron chi connectivity index (χ2n) is 7.08. The fourth-order valence-electron chi connectivity index (χ4n) is 3.45. The Morgan fingerprint density at radius 1 is 1.17 bits per heavy atom. The van der Waals surface area contributed by atoms with Crippen LogP contribution in [0.4, 0.5) is 0 Å². The van der Waals surface area contributed by atoms with Gasteiger partial charge in [0.05, 0.1) is 24.3 Å². The molecule has 7 heteroatoms. The zero-order chi connectivity index (χ0) is 21.4. The molecule has 30 heavy (non-hydrogen) atoms. The van der Waals surface area contributed by atoms with E-state index in [4.69, 9.17) is 14.1 Å². The number of fused-ring (bicyclic) bond motifs is 2. The highest BCUT2D eigenvalue weighted by molar-refractivity contribution is 9.10. The number of benzene rings is 2. The number of nitriles is 1. The molecular formula is C23H17BrN2O4. The van der Waals surface area contributed by atoms with E-state index in [1.807, 2.05) is 36.4 Å². The number of furan rings is 1. The van der Waals surface area contributed by atoms with E-state index in [0.29, 0.717) is 22.3 Å². The molecule has 0 aliphatic heterocycles. The van der Waals surface area contributed by atoms with Crippen LogP contribution in [0.1, 0.15) is 11.1 Å². The molecule has 0 radical (unpaired) electrons. The number of aryl methyl sites for hydroxylation is 1. The van der Waals surface area contributed by atoms with Gasteiger partial charge in [-0.25, -0.2) is 4.79 Å². The van der Waals surface area contributed by atoms with Crippen LogP contribution in [0.25, 0.3) is 33.1 Å². The summed E-state index contributed by atoms with van der Waals surface area (Å²) in [5.74, 6) is -0.314. The molecule has 150 valence electrons. The number of hydrogen-bond donors (Lipinski definition) is 0. The summed E-state index contributed by atoms with van der Waals surface area (Å²) in [5.41, 5.74) is 3.37. The van der Waals surface area contributed by atoms with Gasteiger partial charge >= 0.3 is 5.63 Å². The van der Waals surface area contributed by atoms with Gasteiger partial charge in [-0.3, -0.25) is 4.79 Å². The van der Waals surface area contributed by atoms with Gasteiger partial charge in [-0.2, -0.15) is 5.26 Å². The molecule has 2 aromatic heterocycles. The third kappa shape index (κ3) is 3.51. The van der Waals surface area contributed by atoms with E-state index in [-0.39, 0.29) is 18.9 Å². The Bertz CT molecular complexity index is 1380. The van der Waals surface area contributed by atoms with Crippen LogP contribution < -0.4 is 5.63 Å². The fraction of sp³-hybridized carbons (Fsp3) is 0.174. The van der Waals surface area contributed by atoms with Crippen molar-refractivity contribution >= 4 is 43.8 Å². The number of carbonyl (C=O) groups excluding carboxylic acids is 1. The van der Waals surface area contributed by atoms with Gasteiger partial charge in [0.15, 0.2) is 0 Å². The maximum Gasteiger partial charge on any atom is 0.340 e. The summed E-state index contributed by atoms with van der Waals surface area (Å²) in [5, 5.41) is 10.4. The zero-order valence-electron chi connectivity index (χ0n) is 16.4. The second kappa shape index (κ2) is 7.81. The van der Waals surface area contributed by atoms with E-state index < -0.39 is 5.63 Å². The Balaban J connectivity index is 1.85. The number of halogens is 1. The molecule has 1 amide bonds. The third-order valence-corrected chi connectivity index (χ3v) is 5.73. The minimum Gasteiger partial charge on any atom is -0.464 e. The van der Waals surface area contributed by atoms with Gasteiger partial charge < -0.3 is 13.7 Å². The van der Waals surface area contributed by atoms with Crippen molar-refractivity contribution < 1.29 is 13.6 Å². The van der Waals surface area contributed by atoms with Crippen LogP contribution in [0.2, 0.25) is 0 Å². The summed E-state index contributed by atoms with van der Waals surface area (Å²) in [6, 6.07) is 13.5. The number of carbonyl (C=O) groups is 1. The maximum absolute atomic E-state index is 12.5. The van der Waals surface area contributed by atoms with Gasteiger partial charge in [0.2, 0.25) is 5.91 Å². The van der Waals surface area contributed by atoms with Gasteiger partial charge in [0.1, 0.15) is 17.7 Å². The van der Waals surface area contributed by atoms with E-state index in [1.165, 1.54) is 11.9 Å². The van der Waals surface area contributed by atoms with E-state index >= 15 is 0 Å². The van der Waals surface area contributed by atoms with Gasteiger partial charge in [-0.1, -0.05) is 28.1 Å². The van der Waals surface area contributed by atoms with Crippen molar-refractivity contribution in [2.24, 2.45) is 0 Å². The van der Waals surface area contributed by atoms with E-state index in [1.54, 1.807) is 19.3 Å². The van der Waals surface area contributed by atoms with Crippen molar-refractivity contribution in [3.63, 3.8) is 0 Å². The van der Waals surface area contributed by atoms with Gasteiger partial charge in [0, 0.05) is 33.9 Å². The molecule has 0 saturated heterocycles. The second-order valence-corrected chi connectivity index (χ2v) is 7.99. The number of amides is 1. The van der Waals surface area contributed by atoms with Gasteiger partial charge in [-0.15, -0.1) is 0 Å².